The molecule has 2 fully saturated rings. The van der Waals surface area contributed by atoms with E-state index < -0.39 is 5.60 Å². The number of likely N-dealkylation sites (tertiary alicyclic amines) is 1. The molecule has 18 heavy (non-hydrogen) atoms. The molecule has 2 aliphatic rings. The summed E-state index contributed by atoms with van der Waals surface area (Å²) in [6.45, 7) is 7.26. The summed E-state index contributed by atoms with van der Waals surface area (Å²) in [5.41, 5.74) is -0.216. The van der Waals surface area contributed by atoms with Crippen LogP contribution in [0.25, 0.3) is 0 Å². The average molecular weight is 255 g/mol. The molecule has 1 unspecified atom stereocenters. The zero-order valence-electron chi connectivity index (χ0n) is 12.0. The molecule has 4 nitrogen and oxygen atoms in total. The minimum absolute atomic E-state index is 0.177. The Hall–Kier alpha value is -0.770. The molecule has 0 aromatic heterocycles. The van der Waals surface area contributed by atoms with Crippen LogP contribution in [0.1, 0.15) is 46.5 Å². The van der Waals surface area contributed by atoms with Crippen molar-refractivity contribution in [1.82, 2.24) is 4.90 Å². The predicted octanol–water partition coefficient (Wildman–Crippen LogP) is 2.81. The van der Waals surface area contributed by atoms with Gasteiger partial charge in [-0.15, -0.1) is 0 Å². The fourth-order valence-corrected chi connectivity index (χ4v) is 3.10. The van der Waals surface area contributed by atoms with E-state index in [1.807, 2.05) is 25.7 Å². The molecule has 0 N–H and O–H groups in total. The van der Waals surface area contributed by atoms with Crippen molar-refractivity contribution in [1.29, 1.82) is 0 Å². The molecule has 2 rings (SSSR count). The molecule has 104 valence electrons. The Morgan fingerprint density at radius 3 is 2.44 bits per heavy atom. The van der Waals surface area contributed by atoms with Crippen molar-refractivity contribution in [2.45, 2.75) is 58.2 Å². The standard InChI is InChI=1S/C14H25NO3/c1-13(2,3)18-12(16)15-9-6-11(17-4)14(10-15)7-5-8-14/h11H,5-10H2,1-4H3. The maximum Gasteiger partial charge on any atom is 0.410 e. The largest absolute Gasteiger partial charge is 0.444 e. The van der Waals surface area contributed by atoms with Gasteiger partial charge in [0.15, 0.2) is 0 Å². The maximum absolute atomic E-state index is 12.1. The highest BCUT2D eigenvalue weighted by Gasteiger charge is 2.49. The Kier molecular flexibility index (Phi) is 3.58. The van der Waals surface area contributed by atoms with Crippen LogP contribution in [0.5, 0.6) is 0 Å². The summed E-state index contributed by atoms with van der Waals surface area (Å²) in [7, 11) is 1.79. The summed E-state index contributed by atoms with van der Waals surface area (Å²) >= 11 is 0. The van der Waals surface area contributed by atoms with Crippen molar-refractivity contribution in [2.24, 2.45) is 5.41 Å². The van der Waals surface area contributed by atoms with Crippen molar-refractivity contribution >= 4 is 6.09 Å². The third-order valence-electron chi connectivity index (χ3n) is 4.14. The minimum atomic E-state index is -0.415. The van der Waals surface area contributed by atoms with E-state index in [-0.39, 0.29) is 11.5 Å². The van der Waals surface area contributed by atoms with E-state index in [9.17, 15) is 4.79 Å². The van der Waals surface area contributed by atoms with E-state index in [4.69, 9.17) is 9.47 Å². The highest BCUT2D eigenvalue weighted by molar-refractivity contribution is 5.68. The molecular weight excluding hydrogens is 230 g/mol. The molecule has 1 saturated heterocycles. The van der Waals surface area contributed by atoms with Crippen LogP contribution in [-0.2, 0) is 9.47 Å². The second-order valence-corrected chi connectivity index (χ2v) is 6.63. The number of hydrogen-bond acceptors (Lipinski definition) is 3. The first kappa shape index (κ1) is 13.7. The van der Waals surface area contributed by atoms with Crippen molar-refractivity contribution in [3.63, 3.8) is 0 Å². The van der Waals surface area contributed by atoms with Gasteiger partial charge in [-0.05, 0) is 40.0 Å². The van der Waals surface area contributed by atoms with Crippen molar-refractivity contribution in [3.05, 3.63) is 0 Å². The Bertz CT molecular complexity index is 317. The summed E-state index contributed by atoms with van der Waals surface area (Å²) < 4.78 is 11.1. The van der Waals surface area contributed by atoms with Gasteiger partial charge in [-0.25, -0.2) is 4.79 Å². The fourth-order valence-electron chi connectivity index (χ4n) is 3.10. The third-order valence-corrected chi connectivity index (χ3v) is 4.14. The normalized spacial score (nSPS) is 26.9. The second kappa shape index (κ2) is 4.72. The maximum atomic E-state index is 12.1. The SMILES string of the molecule is COC1CCN(C(=O)OC(C)(C)C)CC12CCC2. The number of rotatable bonds is 1. The van der Waals surface area contributed by atoms with E-state index in [1.165, 1.54) is 19.3 Å². The van der Waals surface area contributed by atoms with Crippen LogP contribution in [0.2, 0.25) is 0 Å². The first-order valence-corrected chi connectivity index (χ1v) is 6.87. The Labute approximate surface area is 110 Å². The number of ether oxygens (including phenoxy) is 2. The Morgan fingerprint density at radius 2 is 2.00 bits per heavy atom. The van der Waals surface area contributed by atoms with Gasteiger partial charge < -0.3 is 14.4 Å². The molecule has 1 amide bonds. The fraction of sp³-hybridized carbons (Fsp3) is 0.929. The quantitative estimate of drug-likeness (QED) is 0.723. The van der Waals surface area contributed by atoms with Crippen LogP contribution in [0.4, 0.5) is 4.79 Å². The lowest BCUT2D eigenvalue weighted by atomic mass is 9.62. The first-order valence-electron chi connectivity index (χ1n) is 6.87. The highest BCUT2D eigenvalue weighted by Crippen LogP contribution is 2.48. The smallest absolute Gasteiger partial charge is 0.410 e. The van der Waals surface area contributed by atoms with Crippen LogP contribution in [0, 0.1) is 5.41 Å². The van der Waals surface area contributed by atoms with Gasteiger partial charge >= 0.3 is 6.09 Å². The van der Waals surface area contributed by atoms with Gasteiger partial charge in [0.1, 0.15) is 5.60 Å². The lowest BCUT2D eigenvalue weighted by Gasteiger charge is -2.52. The van der Waals surface area contributed by atoms with Gasteiger partial charge in [-0.3, -0.25) is 0 Å². The number of piperidine rings is 1. The van der Waals surface area contributed by atoms with E-state index in [0.717, 1.165) is 19.5 Å². The lowest BCUT2D eigenvalue weighted by molar-refractivity contribution is -0.109. The molecule has 1 heterocycles. The first-order chi connectivity index (χ1) is 8.36. The number of methoxy groups -OCH3 is 1. The number of carbonyl (C=O) groups is 1. The highest BCUT2D eigenvalue weighted by atomic mass is 16.6. The summed E-state index contributed by atoms with van der Waals surface area (Å²) in [4.78, 5) is 14.0. The van der Waals surface area contributed by atoms with Crippen LogP contribution in [0.15, 0.2) is 0 Å². The monoisotopic (exact) mass is 255 g/mol. The van der Waals surface area contributed by atoms with Crippen LogP contribution in [-0.4, -0.2) is 42.9 Å². The molecule has 0 radical (unpaired) electrons. The molecule has 1 aliphatic carbocycles. The molecule has 1 spiro atoms. The van der Waals surface area contributed by atoms with E-state index >= 15 is 0 Å². The topological polar surface area (TPSA) is 38.8 Å². The van der Waals surface area contributed by atoms with Gasteiger partial charge in [-0.2, -0.15) is 0 Å². The predicted molar refractivity (Wildman–Crippen MR) is 69.5 cm³/mol. The third kappa shape index (κ3) is 2.63. The summed E-state index contributed by atoms with van der Waals surface area (Å²) in [6, 6.07) is 0. The van der Waals surface area contributed by atoms with Crippen molar-refractivity contribution in [3.8, 4) is 0 Å². The van der Waals surface area contributed by atoms with Crippen LogP contribution >= 0.6 is 0 Å². The summed E-state index contributed by atoms with van der Waals surface area (Å²) in [5, 5.41) is 0. The summed E-state index contributed by atoms with van der Waals surface area (Å²) in [6.07, 6.45) is 4.65. The van der Waals surface area contributed by atoms with E-state index in [0.29, 0.717) is 6.10 Å². The number of amides is 1. The van der Waals surface area contributed by atoms with Gasteiger partial charge in [0.2, 0.25) is 0 Å². The Morgan fingerprint density at radius 1 is 1.33 bits per heavy atom. The van der Waals surface area contributed by atoms with Gasteiger partial charge in [0.25, 0.3) is 0 Å². The molecular formula is C14H25NO3. The minimum Gasteiger partial charge on any atom is -0.444 e. The molecule has 0 aromatic carbocycles. The number of hydrogen-bond donors (Lipinski definition) is 0. The second-order valence-electron chi connectivity index (χ2n) is 6.63. The molecule has 0 bridgehead atoms. The molecule has 4 heteroatoms. The average Bonchev–Trinajstić information content (AvgIpc) is 2.23. The van der Waals surface area contributed by atoms with Crippen molar-refractivity contribution < 1.29 is 14.3 Å². The van der Waals surface area contributed by atoms with Crippen LogP contribution in [0.3, 0.4) is 0 Å². The number of nitrogens with zero attached hydrogens (tertiary/aromatic N) is 1. The van der Waals surface area contributed by atoms with E-state index in [2.05, 4.69) is 0 Å². The van der Waals surface area contributed by atoms with Gasteiger partial charge in [0.05, 0.1) is 6.10 Å². The summed E-state index contributed by atoms with van der Waals surface area (Å²) in [5.74, 6) is 0. The molecule has 1 saturated carbocycles. The van der Waals surface area contributed by atoms with E-state index in [1.54, 1.807) is 7.11 Å². The molecule has 0 aromatic rings. The Balaban J connectivity index is 1.98. The number of carbonyl (C=O) groups excluding carboxylic acids is 1. The molecule has 1 aliphatic heterocycles. The molecule has 1 atom stereocenters. The van der Waals surface area contributed by atoms with Crippen LogP contribution < -0.4 is 0 Å². The zero-order valence-corrected chi connectivity index (χ0v) is 12.0. The van der Waals surface area contributed by atoms with Gasteiger partial charge in [0, 0.05) is 25.6 Å². The van der Waals surface area contributed by atoms with Crippen molar-refractivity contribution in [2.75, 3.05) is 20.2 Å². The van der Waals surface area contributed by atoms with Gasteiger partial charge in [-0.1, -0.05) is 6.42 Å². The lowest BCUT2D eigenvalue weighted by Crippen LogP contribution is -2.57. The zero-order chi connectivity index (χ0) is 13.4.